The van der Waals surface area contributed by atoms with Crippen LogP contribution in [-0.4, -0.2) is 49.4 Å². The fraction of sp³-hybridized carbons (Fsp3) is 0.250. The van der Waals surface area contributed by atoms with Crippen molar-refractivity contribution in [3.8, 4) is 22.8 Å². The Bertz CT molecular complexity index is 1230. The second kappa shape index (κ2) is 8.97. The number of aliphatic hydroxyl groups excluding tert-OH is 2. The Morgan fingerprint density at radius 3 is 1.88 bits per heavy atom. The zero-order valence-electron chi connectivity index (χ0n) is 19.2. The summed E-state index contributed by atoms with van der Waals surface area (Å²) in [5.74, 6) is -0.745. The lowest BCUT2D eigenvalue weighted by Gasteiger charge is -2.53. The molecule has 3 N–H and O–H groups in total. The van der Waals surface area contributed by atoms with Crippen LogP contribution in [0.4, 0.5) is 5.69 Å². The Morgan fingerprint density at radius 1 is 0.794 bits per heavy atom. The molecule has 1 fully saturated rings. The van der Waals surface area contributed by atoms with E-state index in [0.29, 0.717) is 16.9 Å². The second-order valence-electron chi connectivity index (χ2n) is 9.03. The van der Waals surface area contributed by atoms with E-state index in [1.54, 1.807) is 0 Å². The van der Waals surface area contributed by atoms with E-state index in [-0.39, 0.29) is 11.9 Å². The predicted octanol–water partition coefficient (Wildman–Crippen LogP) is 4.35. The van der Waals surface area contributed by atoms with Gasteiger partial charge in [0.2, 0.25) is 5.88 Å². The van der Waals surface area contributed by atoms with Crippen molar-refractivity contribution in [3.63, 3.8) is 0 Å². The summed E-state index contributed by atoms with van der Waals surface area (Å²) < 4.78 is 1.47. The normalized spacial score (nSPS) is 21.9. The van der Waals surface area contributed by atoms with Gasteiger partial charge in [-0.05, 0) is 38.1 Å². The maximum Gasteiger partial charge on any atom is 0.218 e. The minimum Gasteiger partial charge on any atom is -0.493 e. The van der Waals surface area contributed by atoms with E-state index < -0.39 is 24.2 Å². The first-order chi connectivity index (χ1) is 16.5. The molecule has 1 aromatic heterocycles. The second-order valence-corrected chi connectivity index (χ2v) is 9.03. The average Bonchev–Trinajstić information content (AvgIpc) is 3.20. The molecule has 0 saturated heterocycles. The van der Waals surface area contributed by atoms with Gasteiger partial charge >= 0.3 is 0 Å². The molecule has 174 valence electrons. The fourth-order valence-electron chi connectivity index (χ4n) is 5.06. The number of hydrogen-bond acceptors (Lipinski definition) is 5. The molecule has 6 nitrogen and oxygen atoms in total. The van der Waals surface area contributed by atoms with Crippen molar-refractivity contribution in [1.82, 2.24) is 9.78 Å². The summed E-state index contributed by atoms with van der Waals surface area (Å²) >= 11 is 0. The Balaban J connectivity index is 1.58. The summed E-state index contributed by atoms with van der Waals surface area (Å²) in [6.45, 7) is 4.08. The van der Waals surface area contributed by atoms with E-state index in [1.807, 2.05) is 110 Å². The third kappa shape index (κ3) is 3.65. The molecule has 4 aromatic rings. The minimum absolute atomic E-state index is 0.0619. The molecule has 0 spiro atoms. The van der Waals surface area contributed by atoms with Crippen molar-refractivity contribution in [1.29, 1.82) is 0 Å². The summed E-state index contributed by atoms with van der Waals surface area (Å²) in [5.41, 5.74) is 3.47. The van der Waals surface area contributed by atoms with Crippen LogP contribution in [0.15, 0.2) is 91.0 Å². The van der Waals surface area contributed by atoms with Crippen LogP contribution < -0.4 is 4.90 Å². The number of hydrogen-bond donors (Lipinski definition) is 3. The molecule has 0 aliphatic heterocycles. The van der Waals surface area contributed by atoms with Gasteiger partial charge in [-0.2, -0.15) is 5.10 Å². The molecule has 0 radical (unpaired) electrons. The van der Waals surface area contributed by atoms with Crippen LogP contribution in [0.25, 0.3) is 16.9 Å². The Hall–Kier alpha value is -3.61. The van der Waals surface area contributed by atoms with Gasteiger partial charge in [0.25, 0.3) is 0 Å². The molecular weight excluding hydrogens is 426 g/mol. The van der Waals surface area contributed by atoms with Crippen molar-refractivity contribution < 1.29 is 15.3 Å². The highest BCUT2D eigenvalue weighted by Gasteiger charge is 2.55. The third-order valence-electron chi connectivity index (χ3n) is 6.65. The van der Waals surface area contributed by atoms with E-state index >= 15 is 0 Å². The molecule has 1 heterocycles. The van der Waals surface area contributed by atoms with Crippen LogP contribution in [-0.2, 0) is 0 Å². The summed E-state index contributed by atoms with van der Waals surface area (Å²) in [7, 11) is 0. The van der Waals surface area contributed by atoms with Gasteiger partial charge in [0.05, 0.1) is 29.5 Å². The Labute approximate surface area is 199 Å². The van der Waals surface area contributed by atoms with Crippen molar-refractivity contribution >= 4 is 5.69 Å². The zero-order valence-corrected chi connectivity index (χ0v) is 19.2. The molecular formula is C28H29N3O3. The smallest absolute Gasteiger partial charge is 0.218 e. The summed E-state index contributed by atoms with van der Waals surface area (Å²) in [4.78, 5) is 2.05. The van der Waals surface area contributed by atoms with Crippen LogP contribution in [0, 0.1) is 0 Å². The van der Waals surface area contributed by atoms with Gasteiger partial charge in [-0.15, -0.1) is 0 Å². The standard InChI is InChI=1S/C28H29N3O3/c1-18(2)30(20-14-8-4-9-15-20)25-26(32)23(27(25)33)22-24(19-12-6-3-7-13-19)29-31(28(22)34)21-16-10-5-11-17-21/h3-18,23,25-27,32-34H,1-2H3. The van der Waals surface area contributed by atoms with E-state index in [1.165, 1.54) is 4.68 Å². The molecule has 1 aliphatic rings. The van der Waals surface area contributed by atoms with Crippen LogP contribution in [0.2, 0.25) is 0 Å². The number of aromatic nitrogens is 2. The molecule has 2 atom stereocenters. The molecule has 2 unspecified atom stereocenters. The number of aromatic hydroxyl groups is 1. The predicted molar refractivity (Wildman–Crippen MR) is 133 cm³/mol. The molecule has 1 saturated carbocycles. The highest BCUT2D eigenvalue weighted by atomic mass is 16.3. The zero-order chi connectivity index (χ0) is 23.8. The first kappa shape index (κ1) is 22.2. The van der Waals surface area contributed by atoms with Gasteiger partial charge in [-0.25, -0.2) is 4.68 Å². The number of nitrogens with zero attached hydrogens (tertiary/aromatic N) is 3. The fourth-order valence-corrected chi connectivity index (χ4v) is 5.06. The van der Waals surface area contributed by atoms with Crippen molar-refractivity contribution in [2.75, 3.05) is 4.90 Å². The first-order valence-electron chi connectivity index (χ1n) is 11.6. The third-order valence-corrected chi connectivity index (χ3v) is 6.65. The van der Waals surface area contributed by atoms with E-state index in [4.69, 9.17) is 5.10 Å². The Morgan fingerprint density at radius 2 is 1.32 bits per heavy atom. The lowest BCUT2D eigenvalue weighted by molar-refractivity contribution is -0.0794. The molecule has 0 bridgehead atoms. The van der Waals surface area contributed by atoms with Crippen molar-refractivity contribution in [2.24, 2.45) is 0 Å². The van der Waals surface area contributed by atoms with Crippen LogP contribution in [0.3, 0.4) is 0 Å². The topological polar surface area (TPSA) is 81.8 Å². The molecule has 6 heteroatoms. The number of para-hydroxylation sites is 2. The van der Waals surface area contributed by atoms with E-state index in [9.17, 15) is 15.3 Å². The van der Waals surface area contributed by atoms with Crippen LogP contribution >= 0.6 is 0 Å². The van der Waals surface area contributed by atoms with Gasteiger partial charge < -0.3 is 20.2 Å². The SMILES string of the molecule is CC(C)N(c1ccccc1)C1C(O)C(c2c(-c3ccccc3)nn(-c3ccccc3)c2O)C1O. The highest BCUT2D eigenvalue weighted by Crippen LogP contribution is 2.49. The maximum absolute atomic E-state index is 11.4. The average molecular weight is 456 g/mol. The lowest BCUT2D eigenvalue weighted by Crippen LogP contribution is -2.67. The quantitative estimate of drug-likeness (QED) is 0.403. The number of aliphatic hydroxyl groups is 2. The van der Waals surface area contributed by atoms with Gasteiger partial charge in [-0.1, -0.05) is 66.7 Å². The maximum atomic E-state index is 11.4. The van der Waals surface area contributed by atoms with Gasteiger partial charge in [0, 0.05) is 23.2 Å². The molecule has 1 aliphatic carbocycles. The van der Waals surface area contributed by atoms with Crippen molar-refractivity contribution in [2.45, 2.75) is 44.1 Å². The summed E-state index contributed by atoms with van der Waals surface area (Å²) in [6.07, 6.45) is -1.78. The summed E-state index contributed by atoms with van der Waals surface area (Å²) in [5, 5.41) is 38.8. The summed E-state index contributed by atoms with van der Waals surface area (Å²) in [6, 6.07) is 28.3. The number of rotatable bonds is 6. The van der Waals surface area contributed by atoms with Gasteiger partial charge in [0.15, 0.2) is 0 Å². The number of benzene rings is 3. The monoisotopic (exact) mass is 455 g/mol. The van der Waals surface area contributed by atoms with Gasteiger partial charge in [-0.3, -0.25) is 0 Å². The van der Waals surface area contributed by atoms with E-state index in [0.717, 1.165) is 11.3 Å². The van der Waals surface area contributed by atoms with Crippen LogP contribution in [0.1, 0.15) is 25.3 Å². The number of anilines is 1. The van der Waals surface area contributed by atoms with Gasteiger partial charge in [0.1, 0.15) is 5.69 Å². The minimum atomic E-state index is -0.889. The Kier molecular flexibility index (Phi) is 5.86. The molecule has 0 amide bonds. The first-order valence-corrected chi connectivity index (χ1v) is 11.6. The van der Waals surface area contributed by atoms with E-state index in [2.05, 4.69) is 0 Å². The molecule has 3 aromatic carbocycles. The highest BCUT2D eigenvalue weighted by molar-refractivity contribution is 5.68. The largest absolute Gasteiger partial charge is 0.493 e. The lowest BCUT2D eigenvalue weighted by atomic mass is 9.68. The van der Waals surface area contributed by atoms with Crippen molar-refractivity contribution in [3.05, 3.63) is 96.6 Å². The molecule has 34 heavy (non-hydrogen) atoms. The van der Waals surface area contributed by atoms with Crippen LogP contribution in [0.5, 0.6) is 5.88 Å². The molecule has 5 rings (SSSR count).